The minimum Gasteiger partial charge on any atom is -0.854 e. The summed E-state index contributed by atoms with van der Waals surface area (Å²) in [6.07, 6.45) is 0. The Bertz CT molecular complexity index is 701. The molecule has 1 heterocycles. The van der Waals surface area contributed by atoms with Crippen LogP contribution in [-0.4, -0.2) is 25.4 Å². The number of benzene rings is 1. The van der Waals surface area contributed by atoms with E-state index in [1.165, 1.54) is 27.3 Å². The summed E-state index contributed by atoms with van der Waals surface area (Å²) in [4.78, 5) is 15.3. The molecule has 106 valence electrons. The molecule has 0 saturated heterocycles. The van der Waals surface area contributed by atoms with Crippen molar-refractivity contribution >= 4 is 11.6 Å². The van der Waals surface area contributed by atoms with E-state index in [0.717, 1.165) is 4.68 Å². The molecule has 8 heteroatoms. The Hall–Kier alpha value is -2.77. The molecule has 0 radical (unpaired) electrons. The van der Waals surface area contributed by atoms with E-state index in [9.17, 15) is 9.90 Å². The van der Waals surface area contributed by atoms with Gasteiger partial charge in [0.15, 0.2) is 7.05 Å². The third-order valence-electron chi connectivity index (χ3n) is 2.61. The molecule has 8 nitrogen and oxygen atoms in total. The molecule has 0 bridgehead atoms. The highest BCUT2D eigenvalue weighted by Crippen LogP contribution is 2.31. The molecule has 0 atom stereocenters. The highest BCUT2D eigenvalue weighted by atomic mass is 16.5. The molecule has 0 spiro atoms. The summed E-state index contributed by atoms with van der Waals surface area (Å²) in [6.45, 7) is 0. The van der Waals surface area contributed by atoms with Gasteiger partial charge in [-0.15, -0.1) is 0 Å². The van der Waals surface area contributed by atoms with Crippen molar-refractivity contribution in [2.45, 2.75) is 0 Å². The zero-order valence-electron chi connectivity index (χ0n) is 11.2. The molecular formula is C12H13N3O5. The molecule has 2 aromatic rings. The van der Waals surface area contributed by atoms with Crippen LogP contribution in [0.25, 0.3) is 0 Å². The van der Waals surface area contributed by atoms with Gasteiger partial charge in [-0.25, -0.2) is 4.79 Å². The maximum Gasteiger partial charge on any atom is 0.435 e. The summed E-state index contributed by atoms with van der Waals surface area (Å²) in [5.41, 5.74) is -0.740. The minimum atomic E-state index is -0.789. The lowest BCUT2D eigenvalue weighted by atomic mass is 10.2. The van der Waals surface area contributed by atoms with Gasteiger partial charge in [-0.3, -0.25) is 9.52 Å². The normalized spacial score (nSPS) is 11.4. The third-order valence-corrected chi connectivity index (χ3v) is 2.61. The summed E-state index contributed by atoms with van der Waals surface area (Å²) < 4.78 is 15.8. The molecule has 1 N–H and O–H groups in total. The summed E-state index contributed by atoms with van der Waals surface area (Å²) in [5.74, 6) is 0.165. The molecule has 0 amide bonds. The van der Waals surface area contributed by atoms with Crippen LogP contribution in [0.15, 0.2) is 32.5 Å². The van der Waals surface area contributed by atoms with Gasteiger partial charge in [0.25, 0.3) is 0 Å². The van der Waals surface area contributed by atoms with Gasteiger partial charge < -0.3 is 14.6 Å². The maximum atomic E-state index is 12.0. The van der Waals surface area contributed by atoms with Gasteiger partial charge in [0, 0.05) is 6.07 Å². The number of nitrogens with one attached hydrogen (secondary N) is 1. The Morgan fingerprint density at radius 2 is 2.15 bits per heavy atom. The van der Waals surface area contributed by atoms with E-state index in [4.69, 9.17) is 9.47 Å². The van der Waals surface area contributed by atoms with Crippen molar-refractivity contribution in [2.75, 3.05) is 14.2 Å². The number of ether oxygens (including phenoxy) is 2. The number of hydrogen-bond donors (Lipinski definition) is 1. The standard InChI is InChI=1S/C12H13N3O5/c1-15-10(12(17)20-14-15)11(16)13-8-6-7(18-2)4-5-9(8)19-3/h4-6H,1-3H3,(H-,13,14,16,17). The number of rotatable bonds is 4. The molecular weight excluding hydrogens is 266 g/mol. The first kappa shape index (κ1) is 13.7. The molecule has 20 heavy (non-hydrogen) atoms. The van der Waals surface area contributed by atoms with Crippen LogP contribution in [0.2, 0.25) is 0 Å². The maximum absolute atomic E-state index is 12.0. The van der Waals surface area contributed by atoms with Crippen LogP contribution in [0.3, 0.4) is 0 Å². The molecule has 2 rings (SSSR count). The van der Waals surface area contributed by atoms with Crippen molar-refractivity contribution < 1.29 is 23.8 Å². The Labute approximate surface area is 113 Å². The van der Waals surface area contributed by atoms with E-state index in [1.54, 1.807) is 12.1 Å². The summed E-state index contributed by atoms with van der Waals surface area (Å²) in [5, 5.41) is 14.3. The van der Waals surface area contributed by atoms with Crippen LogP contribution in [0, 0.1) is 0 Å². The number of nitrogens with zero attached hydrogens (tertiary/aromatic N) is 2. The zero-order valence-corrected chi connectivity index (χ0v) is 11.2. The first-order valence-electron chi connectivity index (χ1n) is 5.62. The third kappa shape index (κ3) is 2.48. The number of aryl methyl sites for hydroxylation is 1. The van der Waals surface area contributed by atoms with Crippen LogP contribution in [-0.2, 0) is 7.05 Å². The second-order valence-electron chi connectivity index (χ2n) is 3.84. The second kappa shape index (κ2) is 5.47. The molecule has 0 fully saturated rings. The number of hydrogen-bond acceptors (Lipinski definition) is 6. The van der Waals surface area contributed by atoms with Gasteiger partial charge in [0.2, 0.25) is 0 Å². The Kier molecular flexibility index (Phi) is 3.74. The first-order valence-corrected chi connectivity index (χ1v) is 5.62. The topological polar surface area (TPSA) is 104 Å². The van der Waals surface area contributed by atoms with Crippen molar-refractivity contribution in [3.05, 3.63) is 34.3 Å². The number of H-pyrrole nitrogens is 1. The van der Waals surface area contributed by atoms with Crippen molar-refractivity contribution in [3.63, 3.8) is 0 Å². The lowest BCUT2D eigenvalue weighted by Crippen LogP contribution is -2.43. The van der Waals surface area contributed by atoms with Crippen molar-refractivity contribution in [1.82, 2.24) is 5.27 Å². The van der Waals surface area contributed by atoms with Crippen LogP contribution in [0.4, 0.5) is 5.69 Å². The van der Waals surface area contributed by atoms with Gasteiger partial charge in [0.1, 0.15) is 17.2 Å². The summed E-state index contributed by atoms with van der Waals surface area (Å²) >= 11 is 0. The molecule has 0 unspecified atom stereocenters. The first-order chi connectivity index (χ1) is 9.56. The Morgan fingerprint density at radius 1 is 1.40 bits per heavy atom. The van der Waals surface area contributed by atoms with Gasteiger partial charge in [-0.05, 0) is 17.4 Å². The van der Waals surface area contributed by atoms with Crippen molar-refractivity contribution in [1.29, 1.82) is 0 Å². The molecule has 0 aliphatic rings. The monoisotopic (exact) mass is 279 g/mol. The lowest BCUT2D eigenvalue weighted by molar-refractivity contribution is -0.742. The molecule has 1 aromatic heterocycles. The van der Waals surface area contributed by atoms with Gasteiger partial charge in [-0.2, -0.15) is 0 Å². The second-order valence-corrected chi connectivity index (χ2v) is 3.84. The molecule has 0 saturated carbocycles. The average molecular weight is 279 g/mol. The number of aromatic nitrogens is 2. The highest BCUT2D eigenvalue weighted by molar-refractivity contribution is 5.89. The summed E-state index contributed by atoms with van der Waals surface area (Å²) in [6, 6.07) is 4.82. The zero-order chi connectivity index (χ0) is 14.7. The highest BCUT2D eigenvalue weighted by Gasteiger charge is 2.18. The van der Waals surface area contributed by atoms with Gasteiger partial charge in [-0.1, -0.05) is 4.68 Å². The average Bonchev–Trinajstić information content (AvgIpc) is 2.78. The summed E-state index contributed by atoms with van der Waals surface area (Å²) in [7, 11) is 4.42. The number of aliphatic imine (C=N–C) groups is 1. The van der Waals surface area contributed by atoms with Crippen LogP contribution in [0.5, 0.6) is 11.5 Å². The van der Waals surface area contributed by atoms with E-state index in [-0.39, 0.29) is 11.4 Å². The van der Waals surface area contributed by atoms with E-state index < -0.39 is 11.5 Å². The quantitative estimate of drug-likeness (QED) is 0.450. The Morgan fingerprint density at radius 3 is 2.70 bits per heavy atom. The van der Waals surface area contributed by atoms with Crippen LogP contribution >= 0.6 is 0 Å². The smallest absolute Gasteiger partial charge is 0.435 e. The fourth-order valence-electron chi connectivity index (χ4n) is 1.62. The van der Waals surface area contributed by atoms with Gasteiger partial charge in [0.05, 0.1) is 20.1 Å². The SMILES string of the molecule is COc1ccc(OC)c(N=C([O-])c2c(=O)o[nH][n+]2C)c1. The van der Waals surface area contributed by atoms with E-state index in [2.05, 4.69) is 14.8 Å². The van der Waals surface area contributed by atoms with E-state index >= 15 is 0 Å². The lowest BCUT2D eigenvalue weighted by Gasteiger charge is -2.09. The molecule has 1 aromatic carbocycles. The minimum absolute atomic E-state index is 0.213. The van der Waals surface area contributed by atoms with Crippen LogP contribution in [0.1, 0.15) is 5.69 Å². The van der Waals surface area contributed by atoms with Crippen molar-refractivity contribution in [2.24, 2.45) is 12.0 Å². The molecule has 0 aliphatic carbocycles. The fraction of sp³-hybridized carbons (Fsp3) is 0.250. The van der Waals surface area contributed by atoms with E-state index in [0.29, 0.717) is 11.5 Å². The number of methoxy groups -OCH3 is 2. The molecule has 0 aliphatic heterocycles. The predicted molar refractivity (Wildman–Crippen MR) is 66.2 cm³/mol. The number of aromatic amines is 1. The Balaban J connectivity index is 2.51. The van der Waals surface area contributed by atoms with Crippen LogP contribution < -0.4 is 24.9 Å². The predicted octanol–water partition coefficient (Wildman–Crippen LogP) is -0.752. The van der Waals surface area contributed by atoms with Gasteiger partial charge >= 0.3 is 11.3 Å². The van der Waals surface area contributed by atoms with E-state index in [1.807, 2.05) is 0 Å². The van der Waals surface area contributed by atoms with Crippen molar-refractivity contribution in [3.8, 4) is 11.5 Å². The largest absolute Gasteiger partial charge is 0.854 e. The fourth-order valence-corrected chi connectivity index (χ4v) is 1.62.